The molecule has 0 spiro atoms. The first-order valence-electron chi connectivity index (χ1n) is 6.50. The van der Waals surface area contributed by atoms with E-state index in [1.165, 1.54) is 0 Å². The van der Waals surface area contributed by atoms with Gasteiger partial charge in [0.1, 0.15) is 0 Å². The second-order valence-electron chi connectivity index (χ2n) is 4.97. The Kier molecular flexibility index (Phi) is 4.49. The Balaban J connectivity index is 2.39. The maximum absolute atomic E-state index is 9.61. The lowest BCUT2D eigenvalue weighted by Gasteiger charge is -2.36. The number of hydrogen-bond donors (Lipinski definition) is 2. The molecule has 4 heteroatoms. The predicted molar refractivity (Wildman–Crippen MR) is 76.5 cm³/mol. The molecule has 0 bridgehead atoms. The summed E-state index contributed by atoms with van der Waals surface area (Å²) in [5, 5.41) is 13.8. The second-order valence-corrected chi connectivity index (χ2v) is 5.38. The summed E-state index contributed by atoms with van der Waals surface area (Å²) < 4.78 is 0. The number of nitrogens with one attached hydrogen (secondary N) is 1. The predicted octanol–water partition coefficient (Wildman–Crippen LogP) is 2.20. The summed E-state index contributed by atoms with van der Waals surface area (Å²) in [6.07, 6.45) is 1.07. The van der Waals surface area contributed by atoms with Crippen LogP contribution in [-0.2, 0) is 0 Å². The summed E-state index contributed by atoms with van der Waals surface area (Å²) in [5.74, 6) is 0. The molecule has 1 saturated heterocycles. The summed E-state index contributed by atoms with van der Waals surface area (Å²) >= 11 is 6.21. The second kappa shape index (κ2) is 5.91. The van der Waals surface area contributed by atoms with Gasteiger partial charge in [0.2, 0.25) is 0 Å². The highest BCUT2D eigenvalue weighted by Gasteiger charge is 2.27. The summed E-state index contributed by atoms with van der Waals surface area (Å²) in [6.45, 7) is 6.21. The van der Waals surface area contributed by atoms with Crippen molar-refractivity contribution in [2.24, 2.45) is 0 Å². The minimum atomic E-state index is 0.111. The van der Waals surface area contributed by atoms with Gasteiger partial charge in [0.05, 0.1) is 12.6 Å². The van der Waals surface area contributed by atoms with Gasteiger partial charge in [0.25, 0.3) is 0 Å². The van der Waals surface area contributed by atoms with Gasteiger partial charge in [-0.1, -0.05) is 17.7 Å². The van der Waals surface area contributed by atoms with Gasteiger partial charge in [-0.15, -0.1) is 0 Å². The average Bonchev–Trinajstić information content (AvgIpc) is 2.54. The van der Waals surface area contributed by atoms with Crippen molar-refractivity contribution in [2.45, 2.75) is 32.4 Å². The van der Waals surface area contributed by atoms with Gasteiger partial charge in [-0.3, -0.25) is 0 Å². The van der Waals surface area contributed by atoms with E-state index in [2.05, 4.69) is 23.2 Å². The van der Waals surface area contributed by atoms with Crippen molar-refractivity contribution in [1.29, 1.82) is 0 Å². The molecular formula is C14H21ClN2O. The molecule has 2 N–H and O–H groups in total. The number of hydrogen-bond acceptors (Lipinski definition) is 3. The zero-order valence-corrected chi connectivity index (χ0v) is 11.7. The minimum absolute atomic E-state index is 0.111. The molecule has 100 valence electrons. The van der Waals surface area contributed by atoms with Crippen LogP contribution >= 0.6 is 11.6 Å². The van der Waals surface area contributed by atoms with Crippen LogP contribution in [0.1, 0.15) is 18.9 Å². The Labute approximate surface area is 114 Å². The molecule has 2 rings (SSSR count). The number of rotatable bonds is 2. The number of nitrogens with zero attached hydrogens (tertiary/aromatic N) is 1. The maximum Gasteiger partial charge on any atom is 0.0648 e. The highest BCUT2D eigenvalue weighted by molar-refractivity contribution is 6.31. The largest absolute Gasteiger partial charge is 0.394 e. The molecule has 0 aliphatic carbocycles. The van der Waals surface area contributed by atoms with Crippen LogP contribution in [0.3, 0.4) is 0 Å². The molecule has 0 saturated carbocycles. The molecule has 2 unspecified atom stereocenters. The lowest BCUT2D eigenvalue weighted by Crippen LogP contribution is -2.46. The molecule has 1 aromatic rings. The summed E-state index contributed by atoms with van der Waals surface area (Å²) in [7, 11) is 0. The molecule has 1 aliphatic heterocycles. The average molecular weight is 269 g/mol. The van der Waals surface area contributed by atoms with Crippen molar-refractivity contribution >= 4 is 17.3 Å². The van der Waals surface area contributed by atoms with E-state index in [-0.39, 0.29) is 12.6 Å². The first-order valence-corrected chi connectivity index (χ1v) is 6.88. The fourth-order valence-electron chi connectivity index (χ4n) is 2.64. The van der Waals surface area contributed by atoms with Crippen LogP contribution < -0.4 is 10.2 Å². The molecule has 3 nitrogen and oxygen atoms in total. The summed E-state index contributed by atoms with van der Waals surface area (Å²) in [6, 6.07) is 6.49. The van der Waals surface area contributed by atoms with E-state index in [0.717, 1.165) is 35.8 Å². The third kappa shape index (κ3) is 2.63. The molecule has 0 aromatic heterocycles. The molecule has 1 fully saturated rings. The Morgan fingerprint density at radius 2 is 2.28 bits per heavy atom. The van der Waals surface area contributed by atoms with Crippen molar-refractivity contribution in [3.8, 4) is 0 Å². The van der Waals surface area contributed by atoms with Gasteiger partial charge < -0.3 is 15.3 Å². The van der Waals surface area contributed by atoms with Crippen LogP contribution in [0.5, 0.6) is 0 Å². The normalized spacial score (nSPS) is 25.0. The molecule has 1 heterocycles. The smallest absolute Gasteiger partial charge is 0.0648 e. The van der Waals surface area contributed by atoms with E-state index in [4.69, 9.17) is 11.6 Å². The van der Waals surface area contributed by atoms with Crippen LogP contribution in [0.2, 0.25) is 5.02 Å². The summed E-state index contributed by atoms with van der Waals surface area (Å²) in [4.78, 5) is 2.31. The number of anilines is 1. The Hall–Kier alpha value is -0.770. The van der Waals surface area contributed by atoms with E-state index < -0.39 is 0 Å². The highest BCUT2D eigenvalue weighted by Crippen LogP contribution is 2.30. The zero-order chi connectivity index (χ0) is 13.1. The first-order chi connectivity index (χ1) is 8.65. The van der Waals surface area contributed by atoms with Crippen molar-refractivity contribution in [3.05, 3.63) is 28.8 Å². The zero-order valence-electron chi connectivity index (χ0n) is 11.0. The van der Waals surface area contributed by atoms with E-state index >= 15 is 0 Å². The first kappa shape index (κ1) is 13.7. The monoisotopic (exact) mass is 268 g/mol. The van der Waals surface area contributed by atoms with Gasteiger partial charge in [0, 0.05) is 23.3 Å². The molecule has 1 aromatic carbocycles. The van der Waals surface area contributed by atoms with Crippen molar-refractivity contribution < 1.29 is 5.11 Å². The van der Waals surface area contributed by atoms with Gasteiger partial charge in [-0.25, -0.2) is 0 Å². The maximum atomic E-state index is 9.61. The number of aliphatic hydroxyl groups is 1. The Bertz CT molecular complexity index is 411. The molecule has 2 atom stereocenters. The molecular weight excluding hydrogens is 248 g/mol. The number of aliphatic hydroxyl groups excluding tert-OH is 1. The molecule has 18 heavy (non-hydrogen) atoms. The Morgan fingerprint density at radius 3 is 3.00 bits per heavy atom. The van der Waals surface area contributed by atoms with E-state index in [9.17, 15) is 5.11 Å². The quantitative estimate of drug-likeness (QED) is 0.863. The van der Waals surface area contributed by atoms with E-state index in [1.807, 2.05) is 19.1 Å². The topological polar surface area (TPSA) is 35.5 Å². The fraction of sp³-hybridized carbons (Fsp3) is 0.571. The molecule has 1 aliphatic rings. The van der Waals surface area contributed by atoms with E-state index in [0.29, 0.717) is 6.04 Å². The van der Waals surface area contributed by atoms with Crippen molar-refractivity contribution in [1.82, 2.24) is 5.32 Å². The van der Waals surface area contributed by atoms with Gasteiger partial charge in [-0.2, -0.15) is 0 Å². The Morgan fingerprint density at radius 1 is 1.50 bits per heavy atom. The van der Waals surface area contributed by atoms with Crippen LogP contribution in [-0.4, -0.2) is 36.9 Å². The SMILES string of the molecule is Cc1c(Cl)cccc1N1C(C)CCNCC1CO. The van der Waals surface area contributed by atoms with Crippen LogP contribution in [0.25, 0.3) is 0 Å². The van der Waals surface area contributed by atoms with Crippen molar-refractivity contribution in [3.63, 3.8) is 0 Å². The lowest BCUT2D eigenvalue weighted by molar-refractivity contribution is 0.255. The standard InChI is InChI=1S/C14H21ClN2O/c1-10-6-7-16-8-12(9-18)17(10)14-5-3-4-13(15)11(14)2/h3-5,10,12,16,18H,6-9H2,1-2H3. The third-order valence-electron chi connectivity index (χ3n) is 3.72. The summed E-state index contributed by atoms with van der Waals surface area (Å²) in [5.41, 5.74) is 2.23. The fourth-order valence-corrected chi connectivity index (χ4v) is 2.81. The highest BCUT2D eigenvalue weighted by atomic mass is 35.5. The number of halogens is 1. The van der Waals surface area contributed by atoms with Gasteiger partial charge in [-0.05, 0) is 44.5 Å². The van der Waals surface area contributed by atoms with Crippen LogP contribution in [0, 0.1) is 6.92 Å². The molecule has 0 amide bonds. The third-order valence-corrected chi connectivity index (χ3v) is 4.12. The van der Waals surface area contributed by atoms with E-state index in [1.54, 1.807) is 0 Å². The van der Waals surface area contributed by atoms with Crippen LogP contribution in [0.15, 0.2) is 18.2 Å². The minimum Gasteiger partial charge on any atom is -0.394 e. The lowest BCUT2D eigenvalue weighted by atomic mass is 10.1. The van der Waals surface area contributed by atoms with Crippen molar-refractivity contribution in [2.75, 3.05) is 24.6 Å². The number of benzene rings is 1. The molecule has 0 radical (unpaired) electrons. The van der Waals surface area contributed by atoms with Gasteiger partial charge >= 0.3 is 0 Å². The van der Waals surface area contributed by atoms with Crippen LogP contribution in [0.4, 0.5) is 5.69 Å². The van der Waals surface area contributed by atoms with Gasteiger partial charge in [0.15, 0.2) is 0 Å².